The molecule has 0 bridgehead atoms. The second-order valence-electron chi connectivity index (χ2n) is 4.44. The van der Waals surface area contributed by atoms with Gasteiger partial charge >= 0.3 is 6.18 Å². The molecule has 106 valence electrons. The van der Waals surface area contributed by atoms with E-state index in [2.05, 4.69) is 4.98 Å². The maximum absolute atomic E-state index is 12.4. The lowest BCUT2D eigenvalue weighted by Crippen LogP contribution is -2.03. The SMILES string of the molecule is Cc1ccc(CCC(=O)c2cnc(C(F)(F)F)s2)cc1. The summed E-state index contributed by atoms with van der Waals surface area (Å²) >= 11 is 0.400. The molecule has 2 nitrogen and oxygen atoms in total. The highest BCUT2D eigenvalue weighted by Gasteiger charge is 2.35. The van der Waals surface area contributed by atoms with Crippen LogP contribution in [0.2, 0.25) is 0 Å². The number of carbonyl (C=O) groups is 1. The van der Waals surface area contributed by atoms with Crippen LogP contribution in [-0.4, -0.2) is 10.8 Å². The number of rotatable bonds is 4. The molecule has 0 atom stereocenters. The van der Waals surface area contributed by atoms with E-state index in [-0.39, 0.29) is 17.1 Å². The molecule has 0 saturated heterocycles. The number of hydrogen-bond acceptors (Lipinski definition) is 3. The molecular formula is C14H12F3NOS. The van der Waals surface area contributed by atoms with Gasteiger partial charge in [0.25, 0.3) is 0 Å². The Bertz CT molecular complexity index is 602. The molecule has 20 heavy (non-hydrogen) atoms. The number of halogens is 3. The molecule has 0 radical (unpaired) electrons. The Labute approximate surface area is 118 Å². The van der Waals surface area contributed by atoms with Crippen molar-refractivity contribution >= 4 is 17.1 Å². The third-order valence-electron chi connectivity index (χ3n) is 2.78. The summed E-state index contributed by atoms with van der Waals surface area (Å²) in [4.78, 5) is 15.1. The Morgan fingerprint density at radius 3 is 2.45 bits per heavy atom. The van der Waals surface area contributed by atoms with Crippen LogP contribution in [0.1, 0.15) is 32.2 Å². The molecule has 1 heterocycles. The Balaban J connectivity index is 1.98. The number of ketones is 1. The molecule has 0 spiro atoms. The van der Waals surface area contributed by atoms with E-state index in [9.17, 15) is 18.0 Å². The lowest BCUT2D eigenvalue weighted by Gasteiger charge is -2.01. The van der Waals surface area contributed by atoms with Gasteiger partial charge in [-0.15, -0.1) is 11.3 Å². The first-order chi connectivity index (χ1) is 9.36. The second-order valence-corrected chi connectivity index (χ2v) is 5.47. The molecule has 6 heteroatoms. The fourth-order valence-electron chi connectivity index (χ4n) is 1.67. The molecule has 0 saturated carbocycles. The van der Waals surface area contributed by atoms with E-state index in [1.165, 1.54) is 0 Å². The van der Waals surface area contributed by atoms with E-state index in [4.69, 9.17) is 0 Å². The first kappa shape index (κ1) is 14.7. The third kappa shape index (κ3) is 3.66. The standard InChI is InChI=1S/C14H12F3NOS/c1-9-2-4-10(5-3-9)6-7-11(19)12-8-18-13(20-12)14(15,16)17/h2-5,8H,6-7H2,1H3. The van der Waals surface area contributed by atoms with Crippen molar-refractivity contribution in [1.82, 2.24) is 4.98 Å². The Morgan fingerprint density at radius 1 is 1.25 bits per heavy atom. The van der Waals surface area contributed by atoms with Crippen LogP contribution in [0.25, 0.3) is 0 Å². The number of carbonyl (C=O) groups excluding carboxylic acids is 1. The molecule has 2 rings (SSSR count). The quantitative estimate of drug-likeness (QED) is 0.788. The molecular weight excluding hydrogens is 287 g/mol. The summed E-state index contributed by atoms with van der Waals surface area (Å²) in [5.74, 6) is -0.307. The van der Waals surface area contributed by atoms with Crippen LogP contribution in [0.15, 0.2) is 30.5 Å². The van der Waals surface area contributed by atoms with Crippen molar-refractivity contribution in [3.8, 4) is 0 Å². The molecule has 2 aromatic rings. The normalized spacial score (nSPS) is 11.6. The number of alkyl halides is 3. The number of aromatic nitrogens is 1. The molecule has 0 aliphatic heterocycles. The van der Waals surface area contributed by atoms with E-state index in [0.29, 0.717) is 17.8 Å². The molecule has 0 N–H and O–H groups in total. The minimum atomic E-state index is -4.49. The molecule has 1 aromatic carbocycles. The number of benzene rings is 1. The lowest BCUT2D eigenvalue weighted by atomic mass is 10.1. The van der Waals surface area contributed by atoms with Gasteiger partial charge in [0, 0.05) is 12.6 Å². The Kier molecular flexibility index (Phi) is 4.23. The molecule has 0 amide bonds. The van der Waals surface area contributed by atoms with E-state index >= 15 is 0 Å². The van der Waals surface area contributed by atoms with Gasteiger partial charge in [0.2, 0.25) is 0 Å². The zero-order valence-electron chi connectivity index (χ0n) is 10.7. The summed E-state index contributed by atoms with van der Waals surface area (Å²) in [5.41, 5.74) is 2.11. The maximum Gasteiger partial charge on any atom is 0.443 e. The van der Waals surface area contributed by atoms with Crippen molar-refractivity contribution in [1.29, 1.82) is 0 Å². The van der Waals surface area contributed by atoms with Gasteiger partial charge in [0.05, 0.1) is 4.88 Å². The van der Waals surface area contributed by atoms with Crippen molar-refractivity contribution in [2.45, 2.75) is 25.9 Å². The van der Waals surface area contributed by atoms with Crippen molar-refractivity contribution in [3.05, 3.63) is 51.5 Å². The summed E-state index contributed by atoms with van der Waals surface area (Å²) in [6.45, 7) is 1.96. The summed E-state index contributed by atoms with van der Waals surface area (Å²) in [6.07, 6.45) is -2.79. The molecule has 0 unspecified atom stereocenters. The molecule has 0 aliphatic rings. The van der Waals surface area contributed by atoms with E-state index in [0.717, 1.165) is 17.3 Å². The van der Waals surface area contributed by atoms with Crippen molar-refractivity contribution in [2.75, 3.05) is 0 Å². The summed E-state index contributed by atoms with van der Waals surface area (Å²) < 4.78 is 37.2. The van der Waals surface area contributed by atoms with Gasteiger partial charge in [-0.2, -0.15) is 13.2 Å². The second kappa shape index (κ2) is 5.75. The third-order valence-corrected chi connectivity index (χ3v) is 3.87. The number of Topliss-reactive ketones (excluding diaryl/α,β-unsaturated/α-hetero) is 1. The van der Waals surface area contributed by atoms with Crippen molar-refractivity contribution in [3.63, 3.8) is 0 Å². The predicted octanol–water partition coefficient (Wildman–Crippen LogP) is 4.29. The monoisotopic (exact) mass is 299 g/mol. The topological polar surface area (TPSA) is 30.0 Å². The molecule has 1 aromatic heterocycles. The minimum Gasteiger partial charge on any atom is -0.293 e. The van der Waals surface area contributed by atoms with Crippen LogP contribution in [0.4, 0.5) is 13.2 Å². The first-order valence-electron chi connectivity index (χ1n) is 5.98. The summed E-state index contributed by atoms with van der Waals surface area (Å²) in [6, 6.07) is 7.70. The minimum absolute atomic E-state index is 0.0597. The fraction of sp³-hybridized carbons (Fsp3) is 0.286. The summed E-state index contributed by atoms with van der Waals surface area (Å²) in [5, 5.41) is -0.976. The summed E-state index contributed by atoms with van der Waals surface area (Å²) in [7, 11) is 0. The fourth-order valence-corrected chi connectivity index (χ4v) is 2.42. The largest absolute Gasteiger partial charge is 0.443 e. The highest BCUT2D eigenvalue weighted by molar-refractivity contribution is 7.13. The number of hydrogen-bond donors (Lipinski definition) is 0. The zero-order chi connectivity index (χ0) is 14.8. The number of aryl methyl sites for hydroxylation is 2. The molecule has 0 fully saturated rings. The maximum atomic E-state index is 12.4. The highest BCUT2D eigenvalue weighted by Crippen LogP contribution is 2.32. The van der Waals surface area contributed by atoms with Gasteiger partial charge in [0.15, 0.2) is 10.8 Å². The van der Waals surface area contributed by atoms with Crippen LogP contribution in [0, 0.1) is 6.92 Å². The van der Waals surface area contributed by atoms with E-state index < -0.39 is 11.2 Å². The van der Waals surface area contributed by atoms with Gasteiger partial charge in [-0.05, 0) is 18.9 Å². The van der Waals surface area contributed by atoms with Gasteiger partial charge in [-0.1, -0.05) is 29.8 Å². The van der Waals surface area contributed by atoms with Crippen LogP contribution in [0.3, 0.4) is 0 Å². The van der Waals surface area contributed by atoms with Crippen LogP contribution in [0.5, 0.6) is 0 Å². The average Bonchev–Trinajstić information content (AvgIpc) is 2.87. The lowest BCUT2D eigenvalue weighted by molar-refractivity contribution is -0.137. The number of nitrogens with zero attached hydrogens (tertiary/aromatic N) is 1. The van der Waals surface area contributed by atoms with Crippen LogP contribution >= 0.6 is 11.3 Å². The predicted molar refractivity (Wildman–Crippen MR) is 70.9 cm³/mol. The van der Waals surface area contributed by atoms with Crippen LogP contribution < -0.4 is 0 Å². The Hall–Kier alpha value is -1.69. The van der Waals surface area contributed by atoms with Gasteiger partial charge in [-0.25, -0.2) is 4.98 Å². The van der Waals surface area contributed by atoms with Gasteiger partial charge in [0.1, 0.15) is 0 Å². The van der Waals surface area contributed by atoms with E-state index in [1.807, 2.05) is 31.2 Å². The zero-order valence-corrected chi connectivity index (χ0v) is 11.5. The average molecular weight is 299 g/mol. The Morgan fingerprint density at radius 2 is 1.90 bits per heavy atom. The molecule has 0 aliphatic carbocycles. The van der Waals surface area contributed by atoms with E-state index in [1.54, 1.807) is 0 Å². The van der Waals surface area contributed by atoms with Crippen molar-refractivity contribution < 1.29 is 18.0 Å². The van der Waals surface area contributed by atoms with Gasteiger partial charge in [-0.3, -0.25) is 4.79 Å². The van der Waals surface area contributed by atoms with Gasteiger partial charge < -0.3 is 0 Å². The van der Waals surface area contributed by atoms with Crippen molar-refractivity contribution in [2.24, 2.45) is 0 Å². The van der Waals surface area contributed by atoms with Crippen LogP contribution in [-0.2, 0) is 12.6 Å². The smallest absolute Gasteiger partial charge is 0.293 e. The first-order valence-corrected chi connectivity index (χ1v) is 6.79. The number of thiazole rings is 1. The highest BCUT2D eigenvalue weighted by atomic mass is 32.1.